The standard InChI is InChI=1S/C13H26N2O/c1-12-9-14-7-4-8-15(10-12)11-13(16-2)5-3-6-13/h12,14H,3-11H2,1-2H3. The molecule has 3 nitrogen and oxygen atoms in total. The summed E-state index contributed by atoms with van der Waals surface area (Å²) in [6, 6.07) is 0. The van der Waals surface area contributed by atoms with Crippen molar-refractivity contribution in [1.82, 2.24) is 10.2 Å². The molecule has 1 saturated heterocycles. The summed E-state index contributed by atoms with van der Waals surface area (Å²) in [5, 5.41) is 3.50. The predicted molar refractivity (Wildman–Crippen MR) is 66.7 cm³/mol. The van der Waals surface area contributed by atoms with Gasteiger partial charge in [0.05, 0.1) is 5.60 Å². The maximum absolute atomic E-state index is 5.73. The molecule has 0 amide bonds. The normalized spacial score (nSPS) is 31.5. The molecular formula is C13H26N2O. The average molecular weight is 226 g/mol. The largest absolute Gasteiger partial charge is 0.377 e. The number of hydrogen-bond donors (Lipinski definition) is 1. The van der Waals surface area contributed by atoms with Gasteiger partial charge in [0.25, 0.3) is 0 Å². The molecule has 1 saturated carbocycles. The summed E-state index contributed by atoms with van der Waals surface area (Å²) in [5.74, 6) is 0.759. The highest BCUT2D eigenvalue weighted by Crippen LogP contribution is 2.35. The molecule has 1 unspecified atom stereocenters. The summed E-state index contributed by atoms with van der Waals surface area (Å²) in [5.41, 5.74) is 0.201. The minimum Gasteiger partial charge on any atom is -0.377 e. The van der Waals surface area contributed by atoms with E-state index in [0.29, 0.717) is 0 Å². The van der Waals surface area contributed by atoms with E-state index in [4.69, 9.17) is 4.74 Å². The van der Waals surface area contributed by atoms with E-state index >= 15 is 0 Å². The van der Waals surface area contributed by atoms with Gasteiger partial charge < -0.3 is 15.0 Å². The smallest absolute Gasteiger partial charge is 0.0805 e. The Labute approximate surface area is 99.5 Å². The minimum absolute atomic E-state index is 0.201. The van der Waals surface area contributed by atoms with Crippen LogP contribution in [0.15, 0.2) is 0 Å². The average Bonchev–Trinajstić information content (AvgIpc) is 2.19. The molecule has 0 aromatic rings. The van der Waals surface area contributed by atoms with Gasteiger partial charge in [-0.1, -0.05) is 6.92 Å². The van der Waals surface area contributed by atoms with Crippen LogP contribution < -0.4 is 5.32 Å². The second kappa shape index (κ2) is 5.48. The maximum Gasteiger partial charge on any atom is 0.0805 e. The highest BCUT2D eigenvalue weighted by Gasteiger charge is 2.38. The molecule has 1 aliphatic heterocycles. The molecule has 3 heteroatoms. The predicted octanol–water partition coefficient (Wildman–Crippen LogP) is 1.49. The van der Waals surface area contributed by atoms with Crippen molar-refractivity contribution < 1.29 is 4.74 Å². The molecule has 0 aromatic heterocycles. The Morgan fingerprint density at radius 1 is 1.38 bits per heavy atom. The molecule has 0 bridgehead atoms. The third-order valence-electron chi connectivity index (χ3n) is 4.10. The first-order valence-corrected chi connectivity index (χ1v) is 6.72. The topological polar surface area (TPSA) is 24.5 Å². The summed E-state index contributed by atoms with van der Waals surface area (Å²) in [6.45, 7) is 8.26. The zero-order chi connectivity index (χ0) is 11.4. The van der Waals surface area contributed by atoms with E-state index in [-0.39, 0.29) is 5.60 Å². The second-order valence-corrected chi connectivity index (χ2v) is 5.64. The van der Waals surface area contributed by atoms with Crippen LogP contribution in [0.25, 0.3) is 0 Å². The van der Waals surface area contributed by atoms with E-state index in [1.54, 1.807) is 0 Å². The van der Waals surface area contributed by atoms with Gasteiger partial charge in [0.15, 0.2) is 0 Å². The van der Waals surface area contributed by atoms with Gasteiger partial charge in [-0.25, -0.2) is 0 Å². The molecule has 0 aromatic carbocycles. The Kier molecular flexibility index (Phi) is 4.22. The van der Waals surface area contributed by atoms with Gasteiger partial charge in [0.1, 0.15) is 0 Å². The van der Waals surface area contributed by atoms with Crippen molar-refractivity contribution >= 4 is 0 Å². The van der Waals surface area contributed by atoms with Crippen LogP contribution >= 0.6 is 0 Å². The molecule has 16 heavy (non-hydrogen) atoms. The number of hydrogen-bond acceptors (Lipinski definition) is 3. The number of rotatable bonds is 3. The monoisotopic (exact) mass is 226 g/mol. The lowest BCUT2D eigenvalue weighted by Gasteiger charge is -2.44. The first-order chi connectivity index (χ1) is 7.74. The fourth-order valence-electron chi connectivity index (χ4n) is 2.92. The van der Waals surface area contributed by atoms with Gasteiger partial charge in [-0.2, -0.15) is 0 Å². The van der Waals surface area contributed by atoms with Gasteiger partial charge in [-0.3, -0.25) is 0 Å². The lowest BCUT2D eigenvalue weighted by Crippen LogP contribution is -2.51. The first kappa shape index (κ1) is 12.3. The molecule has 1 N–H and O–H groups in total. The lowest BCUT2D eigenvalue weighted by atomic mass is 9.79. The summed E-state index contributed by atoms with van der Waals surface area (Å²) in [7, 11) is 1.88. The highest BCUT2D eigenvalue weighted by molar-refractivity contribution is 4.92. The van der Waals surface area contributed by atoms with E-state index in [1.807, 2.05) is 7.11 Å². The molecule has 0 radical (unpaired) electrons. The van der Waals surface area contributed by atoms with Crippen LogP contribution in [0.5, 0.6) is 0 Å². The van der Waals surface area contributed by atoms with E-state index in [2.05, 4.69) is 17.1 Å². The fraction of sp³-hybridized carbons (Fsp3) is 1.00. The maximum atomic E-state index is 5.73. The van der Waals surface area contributed by atoms with Crippen molar-refractivity contribution in [2.45, 2.75) is 38.2 Å². The zero-order valence-electron chi connectivity index (χ0n) is 10.8. The highest BCUT2D eigenvalue weighted by atomic mass is 16.5. The zero-order valence-corrected chi connectivity index (χ0v) is 10.8. The van der Waals surface area contributed by atoms with E-state index in [9.17, 15) is 0 Å². The third kappa shape index (κ3) is 2.96. The van der Waals surface area contributed by atoms with Crippen molar-refractivity contribution in [1.29, 1.82) is 0 Å². The van der Waals surface area contributed by atoms with Crippen molar-refractivity contribution in [3.05, 3.63) is 0 Å². The molecule has 2 rings (SSSR count). The van der Waals surface area contributed by atoms with Gasteiger partial charge in [0.2, 0.25) is 0 Å². The lowest BCUT2D eigenvalue weighted by molar-refractivity contribution is -0.0933. The Morgan fingerprint density at radius 3 is 2.81 bits per heavy atom. The molecule has 1 aliphatic carbocycles. The van der Waals surface area contributed by atoms with Gasteiger partial charge >= 0.3 is 0 Å². The summed E-state index contributed by atoms with van der Waals surface area (Å²) in [4.78, 5) is 2.62. The molecule has 94 valence electrons. The molecule has 2 aliphatic rings. The van der Waals surface area contributed by atoms with Crippen LogP contribution in [0, 0.1) is 5.92 Å². The Morgan fingerprint density at radius 2 is 2.19 bits per heavy atom. The van der Waals surface area contributed by atoms with Crippen LogP contribution in [0.4, 0.5) is 0 Å². The van der Waals surface area contributed by atoms with Crippen LogP contribution in [-0.4, -0.2) is 50.3 Å². The minimum atomic E-state index is 0.201. The van der Waals surface area contributed by atoms with E-state index in [0.717, 1.165) is 19.0 Å². The summed E-state index contributed by atoms with van der Waals surface area (Å²) in [6.07, 6.45) is 5.13. The SMILES string of the molecule is COC1(CN2CCCNCC(C)C2)CCC1. The fourth-order valence-corrected chi connectivity index (χ4v) is 2.92. The van der Waals surface area contributed by atoms with Crippen molar-refractivity contribution in [3.63, 3.8) is 0 Å². The van der Waals surface area contributed by atoms with Crippen LogP contribution in [-0.2, 0) is 4.74 Å². The van der Waals surface area contributed by atoms with Crippen LogP contribution in [0.3, 0.4) is 0 Å². The molecule has 1 atom stereocenters. The molecule has 2 fully saturated rings. The van der Waals surface area contributed by atoms with Gasteiger partial charge in [-0.15, -0.1) is 0 Å². The second-order valence-electron chi connectivity index (χ2n) is 5.64. The van der Waals surface area contributed by atoms with E-state index in [1.165, 1.54) is 45.3 Å². The number of ether oxygens (including phenoxy) is 1. The molecule has 1 heterocycles. The van der Waals surface area contributed by atoms with Crippen molar-refractivity contribution in [3.8, 4) is 0 Å². The number of nitrogens with one attached hydrogen (secondary N) is 1. The Balaban J connectivity index is 1.85. The van der Waals surface area contributed by atoms with E-state index < -0.39 is 0 Å². The Bertz CT molecular complexity index is 210. The summed E-state index contributed by atoms with van der Waals surface area (Å²) < 4.78 is 5.73. The number of methoxy groups -OCH3 is 1. The molecular weight excluding hydrogens is 200 g/mol. The molecule has 0 spiro atoms. The van der Waals surface area contributed by atoms with Crippen molar-refractivity contribution in [2.75, 3.05) is 39.8 Å². The number of nitrogens with zero attached hydrogens (tertiary/aromatic N) is 1. The van der Waals surface area contributed by atoms with Gasteiger partial charge in [0, 0.05) is 20.2 Å². The Hall–Kier alpha value is -0.120. The summed E-state index contributed by atoms with van der Waals surface area (Å²) >= 11 is 0. The van der Waals surface area contributed by atoms with Crippen LogP contribution in [0.2, 0.25) is 0 Å². The third-order valence-corrected chi connectivity index (χ3v) is 4.10. The van der Waals surface area contributed by atoms with Crippen molar-refractivity contribution in [2.24, 2.45) is 5.92 Å². The van der Waals surface area contributed by atoms with Crippen LogP contribution in [0.1, 0.15) is 32.6 Å². The first-order valence-electron chi connectivity index (χ1n) is 6.72. The van der Waals surface area contributed by atoms with Gasteiger partial charge in [-0.05, 0) is 51.2 Å². The quantitative estimate of drug-likeness (QED) is 0.789.